The Bertz CT molecular complexity index is 599. The highest BCUT2D eigenvalue weighted by Gasteiger charge is 2.22. The Labute approximate surface area is 125 Å². The van der Waals surface area contributed by atoms with Gasteiger partial charge in [0.25, 0.3) is 5.91 Å². The third-order valence-corrected chi connectivity index (χ3v) is 3.47. The molecule has 0 aliphatic carbocycles. The number of amides is 1. The summed E-state index contributed by atoms with van der Waals surface area (Å²) in [7, 11) is 1.79. The molecule has 2 aromatic rings. The van der Waals surface area contributed by atoms with Gasteiger partial charge in [0.2, 0.25) is 5.88 Å². The number of carbonyl (C=O) groups excluding carboxylic acids is 1. The molecule has 0 bridgehead atoms. The van der Waals surface area contributed by atoms with Crippen molar-refractivity contribution in [2.75, 3.05) is 13.7 Å². The predicted octanol–water partition coefficient (Wildman–Crippen LogP) is 3.31. The van der Waals surface area contributed by atoms with Crippen molar-refractivity contribution in [1.29, 1.82) is 0 Å². The van der Waals surface area contributed by atoms with Gasteiger partial charge in [0.1, 0.15) is 5.56 Å². The van der Waals surface area contributed by atoms with Gasteiger partial charge in [0.05, 0.1) is 12.6 Å². The van der Waals surface area contributed by atoms with Crippen molar-refractivity contribution in [3.8, 4) is 5.88 Å². The fraction of sp³-hybridized carbons (Fsp3) is 0.294. The second kappa shape index (κ2) is 6.88. The highest BCUT2D eigenvalue weighted by atomic mass is 16.5. The third-order valence-electron chi connectivity index (χ3n) is 3.47. The van der Waals surface area contributed by atoms with E-state index >= 15 is 0 Å². The lowest BCUT2D eigenvalue weighted by molar-refractivity contribution is 0.0737. The molecular formula is C17H20N2O2. The van der Waals surface area contributed by atoms with Crippen molar-refractivity contribution in [3.63, 3.8) is 0 Å². The molecule has 1 unspecified atom stereocenters. The van der Waals surface area contributed by atoms with Crippen LogP contribution in [0.3, 0.4) is 0 Å². The highest BCUT2D eigenvalue weighted by molar-refractivity contribution is 5.96. The van der Waals surface area contributed by atoms with Gasteiger partial charge < -0.3 is 9.64 Å². The van der Waals surface area contributed by atoms with Crippen molar-refractivity contribution >= 4 is 5.91 Å². The lowest BCUT2D eigenvalue weighted by atomic mass is 10.1. The molecule has 110 valence electrons. The summed E-state index contributed by atoms with van der Waals surface area (Å²) in [6, 6.07) is 13.4. The van der Waals surface area contributed by atoms with Crippen LogP contribution in [0.15, 0.2) is 48.7 Å². The molecule has 1 aromatic heterocycles. The standard InChI is InChI=1S/C17H20N2O2/c1-4-21-16-15(11-8-12-18-16)17(20)19(3)13(2)14-9-6-5-7-10-14/h5-13H,4H2,1-3H3. The van der Waals surface area contributed by atoms with Crippen LogP contribution < -0.4 is 4.74 Å². The average molecular weight is 284 g/mol. The Kier molecular flexibility index (Phi) is 4.93. The van der Waals surface area contributed by atoms with Gasteiger partial charge in [-0.25, -0.2) is 4.98 Å². The lowest BCUT2D eigenvalue weighted by Crippen LogP contribution is -2.30. The smallest absolute Gasteiger partial charge is 0.259 e. The molecule has 4 nitrogen and oxygen atoms in total. The normalized spacial score (nSPS) is 11.8. The molecule has 1 atom stereocenters. The van der Waals surface area contributed by atoms with Gasteiger partial charge in [-0.1, -0.05) is 30.3 Å². The van der Waals surface area contributed by atoms with E-state index in [1.54, 1.807) is 30.3 Å². The maximum Gasteiger partial charge on any atom is 0.259 e. The van der Waals surface area contributed by atoms with E-state index in [9.17, 15) is 4.79 Å². The quantitative estimate of drug-likeness (QED) is 0.846. The third kappa shape index (κ3) is 3.40. The number of pyridine rings is 1. The number of rotatable bonds is 5. The Morgan fingerprint density at radius 1 is 1.24 bits per heavy atom. The molecule has 1 heterocycles. The van der Waals surface area contributed by atoms with Crippen molar-refractivity contribution in [3.05, 3.63) is 59.8 Å². The first-order valence-electron chi connectivity index (χ1n) is 7.05. The van der Waals surface area contributed by atoms with Gasteiger partial charge in [0.15, 0.2) is 0 Å². The summed E-state index contributed by atoms with van der Waals surface area (Å²) in [5.41, 5.74) is 1.58. The number of carbonyl (C=O) groups is 1. The van der Waals surface area contributed by atoms with Crippen LogP contribution in [0.5, 0.6) is 5.88 Å². The Morgan fingerprint density at radius 2 is 1.95 bits per heavy atom. The molecular weight excluding hydrogens is 264 g/mol. The summed E-state index contributed by atoms with van der Waals surface area (Å²) in [5, 5.41) is 0. The number of benzene rings is 1. The van der Waals surface area contributed by atoms with Crippen molar-refractivity contribution in [2.24, 2.45) is 0 Å². The number of ether oxygens (including phenoxy) is 1. The first kappa shape index (κ1) is 15.0. The van der Waals surface area contributed by atoms with Crippen LogP contribution in [0.2, 0.25) is 0 Å². The minimum Gasteiger partial charge on any atom is -0.477 e. The van der Waals surface area contributed by atoms with Crippen LogP contribution in [-0.4, -0.2) is 29.4 Å². The molecule has 1 aromatic carbocycles. The Hall–Kier alpha value is -2.36. The SMILES string of the molecule is CCOc1ncccc1C(=O)N(C)C(C)c1ccccc1. The molecule has 0 saturated carbocycles. The van der Waals surface area contributed by atoms with E-state index in [0.29, 0.717) is 18.1 Å². The van der Waals surface area contributed by atoms with E-state index < -0.39 is 0 Å². The second-order valence-corrected chi connectivity index (χ2v) is 4.79. The second-order valence-electron chi connectivity index (χ2n) is 4.79. The maximum atomic E-state index is 12.7. The first-order valence-corrected chi connectivity index (χ1v) is 7.05. The summed E-state index contributed by atoms with van der Waals surface area (Å²) >= 11 is 0. The fourth-order valence-electron chi connectivity index (χ4n) is 2.13. The van der Waals surface area contributed by atoms with Crippen LogP contribution in [0.25, 0.3) is 0 Å². The van der Waals surface area contributed by atoms with Gasteiger partial charge in [0, 0.05) is 13.2 Å². The zero-order chi connectivity index (χ0) is 15.2. The summed E-state index contributed by atoms with van der Waals surface area (Å²) in [6.07, 6.45) is 1.63. The summed E-state index contributed by atoms with van der Waals surface area (Å²) in [5.74, 6) is 0.292. The van der Waals surface area contributed by atoms with Crippen LogP contribution in [0.1, 0.15) is 35.8 Å². The zero-order valence-corrected chi connectivity index (χ0v) is 12.6. The first-order chi connectivity index (χ1) is 10.1. The topological polar surface area (TPSA) is 42.4 Å². The molecule has 0 radical (unpaired) electrons. The van der Waals surface area contributed by atoms with Crippen molar-refractivity contribution < 1.29 is 9.53 Å². The minimum atomic E-state index is -0.0945. The fourth-order valence-corrected chi connectivity index (χ4v) is 2.13. The monoisotopic (exact) mass is 284 g/mol. The number of hydrogen-bond donors (Lipinski definition) is 0. The van der Waals surface area contributed by atoms with Gasteiger partial charge >= 0.3 is 0 Å². The summed E-state index contributed by atoms with van der Waals surface area (Å²) in [4.78, 5) is 18.5. The van der Waals surface area contributed by atoms with Crippen molar-refractivity contribution in [1.82, 2.24) is 9.88 Å². The molecule has 0 spiro atoms. The Morgan fingerprint density at radius 3 is 2.62 bits per heavy atom. The van der Waals surface area contributed by atoms with Gasteiger partial charge in [-0.3, -0.25) is 4.79 Å². The van der Waals surface area contributed by atoms with Crippen molar-refractivity contribution in [2.45, 2.75) is 19.9 Å². The number of aromatic nitrogens is 1. The molecule has 2 rings (SSSR count). The molecule has 0 aliphatic heterocycles. The van der Waals surface area contributed by atoms with Gasteiger partial charge in [-0.05, 0) is 31.5 Å². The maximum absolute atomic E-state index is 12.7. The molecule has 0 aliphatic rings. The lowest BCUT2D eigenvalue weighted by Gasteiger charge is -2.25. The van der Waals surface area contributed by atoms with E-state index in [1.807, 2.05) is 44.2 Å². The van der Waals surface area contributed by atoms with E-state index in [4.69, 9.17) is 4.74 Å². The van der Waals surface area contributed by atoms with E-state index in [2.05, 4.69) is 4.98 Å². The minimum absolute atomic E-state index is 0.0200. The van der Waals surface area contributed by atoms with E-state index in [0.717, 1.165) is 5.56 Å². The van der Waals surface area contributed by atoms with Crippen LogP contribution >= 0.6 is 0 Å². The number of hydrogen-bond acceptors (Lipinski definition) is 3. The molecule has 1 amide bonds. The highest BCUT2D eigenvalue weighted by Crippen LogP contribution is 2.23. The van der Waals surface area contributed by atoms with E-state index in [1.165, 1.54) is 0 Å². The summed E-state index contributed by atoms with van der Waals surface area (Å²) in [6.45, 7) is 4.36. The average Bonchev–Trinajstić information content (AvgIpc) is 2.54. The molecule has 4 heteroatoms. The molecule has 0 N–H and O–H groups in total. The Balaban J connectivity index is 2.23. The largest absolute Gasteiger partial charge is 0.477 e. The van der Waals surface area contributed by atoms with E-state index in [-0.39, 0.29) is 11.9 Å². The zero-order valence-electron chi connectivity index (χ0n) is 12.6. The number of nitrogens with zero attached hydrogens (tertiary/aromatic N) is 2. The van der Waals surface area contributed by atoms with Crippen LogP contribution in [-0.2, 0) is 0 Å². The van der Waals surface area contributed by atoms with Gasteiger partial charge in [-0.2, -0.15) is 0 Å². The van der Waals surface area contributed by atoms with Gasteiger partial charge in [-0.15, -0.1) is 0 Å². The van der Waals surface area contributed by atoms with Crippen LogP contribution in [0.4, 0.5) is 0 Å². The summed E-state index contributed by atoms with van der Waals surface area (Å²) < 4.78 is 5.44. The van der Waals surface area contributed by atoms with Crippen LogP contribution in [0, 0.1) is 0 Å². The predicted molar refractivity (Wildman–Crippen MR) is 82.4 cm³/mol. The molecule has 0 fully saturated rings. The molecule has 21 heavy (non-hydrogen) atoms. The molecule has 0 saturated heterocycles.